The van der Waals surface area contributed by atoms with Gasteiger partial charge in [0.05, 0.1) is 17.0 Å². The molecule has 0 saturated heterocycles. The topological polar surface area (TPSA) is 84.1 Å². The van der Waals surface area contributed by atoms with Gasteiger partial charge in [0.2, 0.25) is 10.0 Å². The smallest absolute Gasteiger partial charge is 0.406 e. The van der Waals surface area contributed by atoms with Gasteiger partial charge in [-0.25, -0.2) is 13.1 Å². The number of sulfonamides is 1. The van der Waals surface area contributed by atoms with Crippen LogP contribution < -0.4 is 9.46 Å². The number of hydrogen-bond donors (Lipinski definition) is 2. The van der Waals surface area contributed by atoms with Gasteiger partial charge in [0.1, 0.15) is 5.75 Å². The first-order valence-electron chi connectivity index (χ1n) is 7.82. The molecule has 0 radical (unpaired) electrons. The molecule has 0 amide bonds. The van der Waals surface area contributed by atoms with Crippen LogP contribution in [0.2, 0.25) is 0 Å². The first-order valence-corrected chi connectivity index (χ1v) is 9.30. The number of ether oxygens (including phenoxy) is 1. The number of H-pyrrole nitrogens is 1. The summed E-state index contributed by atoms with van der Waals surface area (Å²) in [5, 5.41) is 6.02. The molecule has 2 aromatic rings. The zero-order valence-corrected chi connectivity index (χ0v) is 14.6. The van der Waals surface area contributed by atoms with Crippen LogP contribution in [0.4, 0.5) is 26.3 Å². The minimum absolute atomic E-state index is 0.0309. The summed E-state index contributed by atoms with van der Waals surface area (Å²) in [6.07, 6.45) is -9.01. The van der Waals surface area contributed by atoms with Crippen molar-refractivity contribution >= 4 is 10.0 Å². The number of aromatic amines is 1. The van der Waals surface area contributed by atoms with Crippen molar-refractivity contribution < 1.29 is 39.5 Å². The molecule has 1 heterocycles. The average Bonchev–Trinajstić information content (AvgIpc) is 3.00. The Hall–Kier alpha value is -2.28. The van der Waals surface area contributed by atoms with Crippen molar-refractivity contribution in [2.45, 2.75) is 42.2 Å². The maximum absolute atomic E-state index is 13.3. The van der Waals surface area contributed by atoms with E-state index in [0.29, 0.717) is 0 Å². The van der Waals surface area contributed by atoms with E-state index in [0.717, 1.165) is 30.5 Å². The molecule has 2 N–H and O–H groups in total. The molecular formula is C15H13F6N3O3S. The maximum Gasteiger partial charge on any atom is 0.573 e. The number of alkyl halides is 6. The molecule has 13 heteroatoms. The number of halogens is 6. The Morgan fingerprint density at radius 2 is 1.75 bits per heavy atom. The molecule has 0 aliphatic heterocycles. The van der Waals surface area contributed by atoms with Crippen LogP contribution in [0.1, 0.15) is 23.6 Å². The molecule has 0 fully saturated rings. The van der Waals surface area contributed by atoms with Crippen molar-refractivity contribution in [2.75, 3.05) is 0 Å². The van der Waals surface area contributed by atoms with E-state index in [-0.39, 0.29) is 17.7 Å². The predicted octanol–water partition coefficient (Wildman–Crippen LogP) is 3.25. The minimum Gasteiger partial charge on any atom is -0.406 e. The zero-order valence-electron chi connectivity index (χ0n) is 13.8. The van der Waals surface area contributed by atoms with Crippen molar-refractivity contribution in [3.63, 3.8) is 0 Å². The fourth-order valence-electron chi connectivity index (χ4n) is 3.03. The third-order valence-corrected chi connectivity index (χ3v) is 5.72. The van der Waals surface area contributed by atoms with Gasteiger partial charge < -0.3 is 4.74 Å². The lowest BCUT2D eigenvalue weighted by atomic mass is 9.84. The Morgan fingerprint density at radius 3 is 2.32 bits per heavy atom. The lowest BCUT2D eigenvalue weighted by Gasteiger charge is -2.30. The van der Waals surface area contributed by atoms with Gasteiger partial charge in [0, 0.05) is 23.7 Å². The monoisotopic (exact) mass is 429 g/mol. The molecule has 154 valence electrons. The third kappa shape index (κ3) is 4.58. The summed E-state index contributed by atoms with van der Waals surface area (Å²) in [7, 11) is -4.26. The van der Waals surface area contributed by atoms with E-state index in [9.17, 15) is 34.8 Å². The average molecular weight is 429 g/mol. The van der Waals surface area contributed by atoms with E-state index < -0.39 is 51.6 Å². The highest BCUT2D eigenvalue weighted by atomic mass is 32.2. The number of nitrogens with zero attached hydrogens (tertiary/aromatic N) is 1. The summed E-state index contributed by atoms with van der Waals surface area (Å²) in [6, 6.07) is 2.27. The summed E-state index contributed by atoms with van der Waals surface area (Å²) in [5.74, 6) is -2.51. The summed E-state index contributed by atoms with van der Waals surface area (Å²) in [6.45, 7) is 0. The fourth-order valence-corrected chi connectivity index (χ4v) is 4.28. The van der Waals surface area contributed by atoms with Crippen LogP contribution in [0.3, 0.4) is 0 Å². The van der Waals surface area contributed by atoms with Crippen LogP contribution in [0.25, 0.3) is 0 Å². The highest BCUT2D eigenvalue weighted by Gasteiger charge is 2.46. The summed E-state index contributed by atoms with van der Waals surface area (Å²) >= 11 is 0. The van der Waals surface area contributed by atoms with Gasteiger partial charge in [-0.05, 0) is 30.7 Å². The second-order valence-corrected chi connectivity index (χ2v) is 7.89. The van der Waals surface area contributed by atoms with E-state index in [4.69, 9.17) is 0 Å². The van der Waals surface area contributed by atoms with Crippen molar-refractivity contribution in [1.29, 1.82) is 0 Å². The highest BCUT2D eigenvalue weighted by Crippen LogP contribution is 2.42. The summed E-state index contributed by atoms with van der Waals surface area (Å²) < 4.78 is 107. The van der Waals surface area contributed by atoms with Crippen LogP contribution in [0, 0.1) is 0 Å². The van der Waals surface area contributed by atoms with Crippen LogP contribution >= 0.6 is 0 Å². The van der Waals surface area contributed by atoms with E-state index in [1.165, 1.54) is 0 Å². The van der Waals surface area contributed by atoms with Crippen LogP contribution in [0.5, 0.6) is 5.75 Å². The number of nitrogens with one attached hydrogen (secondary N) is 2. The Bertz CT molecular complexity index is 937. The molecule has 28 heavy (non-hydrogen) atoms. The molecule has 1 aliphatic carbocycles. The molecule has 0 saturated carbocycles. The van der Waals surface area contributed by atoms with Gasteiger partial charge in [0.25, 0.3) is 0 Å². The van der Waals surface area contributed by atoms with E-state index in [1.807, 2.05) is 0 Å². The molecule has 1 aliphatic rings. The van der Waals surface area contributed by atoms with Crippen LogP contribution in [0.15, 0.2) is 35.4 Å². The van der Waals surface area contributed by atoms with Crippen molar-refractivity contribution in [1.82, 2.24) is 14.9 Å². The second-order valence-electron chi connectivity index (χ2n) is 6.18. The summed E-state index contributed by atoms with van der Waals surface area (Å²) in [5.41, 5.74) is 0.145. The molecule has 3 rings (SSSR count). The maximum atomic E-state index is 13.3. The normalized spacial score (nSPS) is 20.6. The van der Waals surface area contributed by atoms with Crippen LogP contribution in [-0.4, -0.2) is 37.2 Å². The first-order chi connectivity index (χ1) is 12.9. The Kier molecular flexibility index (Phi) is 5.08. The first kappa shape index (κ1) is 20.5. The molecule has 2 atom stereocenters. The summed E-state index contributed by atoms with van der Waals surface area (Å²) in [4.78, 5) is -0.402. The van der Waals surface area contributed by atoms with Gasteiger partial charge in [0.15, 0.2) is 0 Å². The quantitative estimate of drug-likeness (QED) is 0.731. The van der Waals surface area contributed by atoms with Crippen molar-refractivity contribution in [2.24, 2.45) is 0 Å². The lowest BCUT2D eigenvalue weighted by molar-refractivity contribution is -0.274. The van der Waals surface area contributed by atoms with Gasteiger partial charge in [-0.1, -0.05) is 0 Å². The molecule has 1 aromatic carbocycles. The highest BCUT2D eigenvalue weighted by molar-refractivity contribution is 7.89. The number of benzene rings is 1. The van der Waals surface area contributed by atoms with Gasteiger partial charge in [-0.15, -0.1) is 13.2 Å². The number of fused-ring (bicyclic) bond motifs is 1. The molecule has 1 aromatic heterocycles. The van der Waals surface area contributed by atoms with E-state index in [2.05, 4.69) is 19.7 Å². The number of aromatic nitrogens is 2. The molecule has 0 unspecified atom stereocenters. The standard InChI is InChI=1S/C15H13F6N3O3S/c16-14(17,18)12-5-8(6-13-11(12)7-22-23-13)24-28(25,26)10-3-1-9(2-4-10)27-15(19,20)21/h1-4,7-8,12,24H,5-6H2,(H,22,23)/t8-,12-/m1/s1. The molecule has 0 spiro atoms. The Balaban J connectivity index is 1.77. The van der Waals surface area contributed by atoms with E-state index >= 15 is 0 Å². The SMILES string of the molecule is O=S(=O)(N[C@H]1Cc2[nH]ncc2[C@H](C(F)(F)F)C1)c1ccc(OC(F)(F)F)cc1. The van der Waals surface area contributed by atoms with Crippen molar-refractivity contribution in [3.05, 3.63) is 41.7 Å². The lowest BCUT2D eigenvalue weighted by Crippen LogP contribution is -2.42. The fraction of sp³-hybridized carbons (Fsp3) is 0.400. The predicted molar refractivity (Wildman–Crippen MR) is 82.9 cm³/mol. The number of rotatable bonds is 4. The molecule has 0 bridgehead atoms. The van der Waals surface area contributed by atoms with Gasteiger partial charge in [-0.2, -0.15) is 18.3 Å². The van der Waals surface area contributed by atoms with Gasteiger partial charge >= 0.3 is 12.5 Å². The Morgan fingerprint density at radius 1 is 1.11 bits per heavy atom. The van der Waals surface area contributed by atoms with Crippen LogP contribution in [-0.2, 0) is 16.4 Å². The molecular weight excluding hydrogens is 416 g/mol. The second kappa shape index (κ2) is 6.95. The zero-order chi connectivity index (χ0) is 20.7. The Labute approximate surface area is 154 Å². The molecule has 6 nitrogen and oxygen atoms in total. The largest absolute Gasteiger partial charge is 0.573 e. The van der Waals surface area contributed by atoms with Crippen molar-refractivity contribution in [3.8, 4) is 5.75 Å². The number of hydrogen-bond acceptors (Lipinski definition) is 4. The minimum atomic E-state index is -4.94. The van der Waals surface area contributed by atoms with Gasteiger partial charge in [-0.3, -0.25) is 5.10 Å². The van der Waals surface area contributed by atoms with E-state index in [1.54, 1.807) is 0 Å². The third-order valence-electron chi connectivity index (χ3n) is 4.18.